The second kappa shape index (κ2) is 5.61. The van der Waals surface area contributed by atoms with Crippen molar-refractivity contribution in [1.29, 1.82) is 0 Å². The molecule has 16 heavy (non-hydrogen) atoms. The standard InChI is InChI=1S/C12H16FNO2/c1-3-16-12-5-4-9(7-10(12)13)11(15)6-8(2)14/h4-5,7-8H,3,6,14H2,1-2H3. The molecule has 0 aliphatic heterocycles. The Hall–Kier alpha value is -1.42. The van der Waals surface area contributed by atoms with Crippen molar-refractivity contribution in [2.24, 2.45) is 5.73 Å². The van der Waals surface area contributed by atoms with Crippen molar-refractivity contribution in [3.63, 3.8) is 0 Å². The second-order valence-electron chi connectivity index (χ2n) is 3.68. The highest BCUT2D eigenvalue weighted by Gasteiger charge is 2.11. The number of ether oxygens (including phenoxy) is 1. The van der Waals surface area contributed by atoms with Gasteiger partial charge in [-0.3, -0.25) is 4.79 Å². The van der Waals surface area contributed by atoms with E-state index in [0.29, 0.717) is 12.2 Å². The summed E-state index contributed by atoms with van der Waals surface area (Å²) in [5, 5.41) is 0. The Morgan fingerprint density at radius 1 is 1.56 bits per heavy atom. The van der Waals surface area contributed by atoms with E-state index in [0.717, 1.165) is 0 Å². The molecule has 1 aromatic carbocycles. The van der Waals surface area contributed by atoms with Gasteiger partial charge in [0.05, 0.1) is 6.61 Å². The average Bonchev–Trinajstić information content (AvgIpc) is 2.20. The Kier molecular flexibility index (Phi) is 4.43. The number of carbonyl (C=O) groups is 1. The van der Waals surface area contributed by atoms with Gasteiger partial charge in [0.1, 0.15) is 0 Å². The van der Waals surface area contributed by atoms with Gasteiger partial charge >= 0.3 is 0 Å². The maximum absolute atomic E-state index is 13.4. The van der Waals surface area contributed by atoms with E-state index in [-0.39, 0.29) is 24.0 Å². The Balaban J connectivity index is 2.84. The quantitative estimate of drug-likeness (QED) is 0.781. The summed E-state index contributed by atoms with van der Waals surface area (Å²) in [7, 11) is 0. The Morgan fingerprint density at radius 2 is 2.25 bits per heavy atom. The Morgan fingerprint density at radius 3 is 2.75 bits per heavy atom. The minimum Gasteiger partial charge on any atom is -0.491 e. The lowest BCUT2D eigenvalue weighted by molar-refractivity contribution is 0.0976. The molecule has 0 heterocycles. The number of carbonyl (C=O) groups excluding carboxylic acids is 1. The van der Waals surface area contributed by atoms with E-state index >= 15 is 0 Å². The molecule has 0 spiro atoms. The maximum atomic E-state index is 13.4. The zero-order valence-electron chi connectivity index (χ0n) is 9.50. The fourth-order valence-electron chi connectivity index (χ4n) is 1.36. The molecule has 4 heteroatoms. The highest BCUT2D eigenvalue weighted by atomic mass is 19.1. The molecule has 0 bridgehead atoms. The zero-order valence-corrected chi connectivity index (χ0v) is 9.50. The highest BCUT2D eigenvalue weighted by molar-refractivity contribution is 5.96. The van der Waals surface area contributed by atoms with Gasteiger partial charge < -0.3 is 10.5 Å². The molecule has 1 rings (SSSR count). The molecule has 0 saturated heterocycles. The first-order valence-corrected chi connectivity index (χ1v) is 5.25. The van der Waals surface area contributed by atoms with E-state index in [2.05, 4.69) is 0 Å². The van der Waals surface area contributed by atoms with Crippen LogP contribution in [-0.2, 0) is 0 Å². The highest BCUT2D eigenvalue weighted by Crippen LogP contribution is 2.19. The van der Waals surface area contributed by atoms with Crippen LogP contribution in [0.15, 0.2) is 18.2 Å². The minimum atomic E-state index is -0.516. The molecule has 0 radical (unpaired) electrons. The Labute approximate surface area is 94.4 Å². The molecular weight excluding hydrogens is 209 g/mol. The number of nitrogens with two attached hydrogens (primary N) is 1. The number of hydrogen-bond donors (Lipinski definition) is 1. The molecular formula is C12H16FNO2. The van der Waals surface area contributed by atoms with E-state index in [1.54, 1.807) is 19.9 Å². The zero-order chi connectivity index (χ0) is 12.1. The normalized spacial score (nSPS) is 12.2. The summed E-state index contributed by atoms with van der Waals surface area (Å²) in [6, 6.07) is 3.99. The topological polar surface area (TPSA) is 52.3 Å². The SMILES string of the molecule is CCOc1ccc(C(=O)CC(C)N)cc1F. The van der Waals surface area contributed by atoms with E-state index < -0.39 is 5.82 Å². The molecule has 2 N–H and O–H groups in total. The van der Waals surface area contributed by atoms with Crippen molar-refractivity contribution < 1.29 is 13.9 Å². The number of hydrogen-bond acceptors (Lipinski definition) is 3. The molecule has 1 atom stereocenters. The first-order chi connectivity index (χ1) is 7.54. The van der Waals surface area contributed by atoms with E-state index in [1.807, 2.05) is 0 Å². The number of Topliss-reactive ketones (excluding diaryl/α,β-unsaturated/α-hetero) is 1. The molecule has 0 aliphatic rings. The lowest BCUT2D eigenvalue weighted by Gasteiger charge is -2.07. The van der Waals surface area contributed by atoms with Crippen LogP contribution in [0, 0.1) is 5.82 Å². The van der Waals surface area contributed by atoms with Gasteiger partial charge in [0.25, 0.3) is 0 Å². The number of rotatable bonds is 5. The van der Waals surface area contributed by atoms with Crippen LogP contribution >= 0.6 is 0 Å². The van der Waals surface area contributed by atoms with Crippen molar-refractivity contribution in [2.45, 2.75) is 26.3 Å². The van der Waals surface area contributed by atoms with Gasteiger partial charge in [-0.15, -0.1) is 0 Å². The summed E-state index contributed by atoms with van der Waals surface area (Å²) in [5.74, 6) is -0.505. The Bertz CT molecular complexity index is 377. The third-order valence-corrected chi connectivity index (χ3v) is 2.06. The molecule has 0 saturated carbocycles. The van der Waals surface area contributed by atoms with Gasteiger partial charge in [-0.1, -0.05) is 0 Å². The predicted octanol–water partition coefficient (Wildman–Crippen LogP) is 2.14. The van der Waals surface area contributed by atoms with Crippen LogP contribution in [0.1, 0.15) is 30.6 Å². The molecule has 1 unspecified atom stereocenters. The van der Waals surface area contributed by atoms with Gasteiger partial charge in [-0.25, -0.2) is 4.39 Å². The third kappa shape index (κ3) is 3.31. The summed E-state index contributed by atoms with van der Waals surface area (Å²) < 4.78 is 18.5. The van der Waals surface area contributed by atoms with Crippen molar-refractivity contribution in [2.75, 3.05) is 6.61 Å². The summed E-state index contributed by atoms with van der Waals surface area (Å²) in [6.45, 7) is 3.90. The van der Waals surface area contributed by atoms with Gasteiger partial charge in [0, 0.05) is 18.0 Å². The molecule has 0 amide bonds. The van der Waals surface area contributed by atoms with Crippen molar-refractivity contribution in [1.82, 2.24) is 0 Å². The average molecular weight is 225 g/mol. The fourth-order valence-corrected chi connectivity index (χ4v) is 1.36. The van der Waals surface area contributed by atoms with Crippen LogP contribution in [-0.4, -0.2) is 18.4 Å². The lowest BCUT2D eigenvalue weighted by atomic mass is 10.0. The van der Waals surface area contributed by atoms with Crippen molar-refractivity contribution in [3.05, 3.63) is 29.6 Å². The predicted molar refractivity (Wildman–Crippen MR) is 60.2 cm³/mol. The van der Waals surface area contributed by atoms with Gasteiger partial charge in [0.15, 0.2) is 17.3 Å². The van der Waals surface area contributed by atoms with Crippen LogP contribution < -0.4 is 10.5 Å². The monoisotopic (exact) mass is 225 g/mol. The smallest absolute Gasteiger partial charge is 0.165 e. The van der Waals surface area contributed by atoms with Gasteiger partial charge in [-0.05, 0) is 32.0 Å². The number of ketones is 1. The first-order valence-electron chi connectivity index (χ1n) is 5.25. The largest absolute Gasteiger partial charge is 0.491 e. The van der Waals surface area contributed by atoms with Gasteiger partial charge in [0.2, 0.25) is 0 Å². The van der Waals surface area contributed by atoms with E-state index in [4.69, 9.17) is 10.5 Å². The van der Waals surface area contributed by atoms with Crippen LogP contribution in [0.5, 0.6) is 5.75 Å². The lowest BCUT2D eigenvalue weighted by Crippen LogP contribution is -2.19. The summed E-state index contributed by atoms with van der Waals surface area (Å²) in [5.41, 5.74) is 5.84. The summed E-state index contributed by atoms with van der Waals surface area (Å²) in [4.78, 5) is 11.6. The molecule has 3 nitrogen and oxygen atoms in total. The van der Waals surface area contributed by atoms with Crippen molar-refractivity contribution >= 4 is 5.78 Å². The summed E-state index contributed by atoms with van der Waals surface area (Å²) >= 11 is 0. The fraction of sp³-hybridized carbons (Fsp3) is 0.417. The first kappa shape index (κ1) is 12.6. The van der Waals surface area contributed by atoms with Crippen LogP contribution in [0.4, 0.5) is 4.39 Å². The molecule has 88 valence electrons. The molecule has 1 aromatic rings. The third-order valence-electron chi connectivity index (χ3n) is 2.06. The van der Waals surface area contributed by atoms with Gasteiger partial charge in [-0.2, -0.15) is 0 Å². The minimum absolute atomic E-state index is 0.156. The summed E-state index contributed by atoms with van der Waals surface area (Å²) in [6.07, 6.45) is 0.216. The maximum Gasteiger partial charge on any atom is 0.165 e. The van der Waals surface area contributed by atoms with E-state index in [1.165, 1.54) is 12.1 Å². The number of benzene rings is 1. The van der Waals surface area contributed by atoms with Crippen LogP contribution in [0.25, 0.3) is 0 Å². The second-order valence-corrected chi connectivity index (χ2v) is 3.68. The molecule has 0 fully saturated rings. The van der Waals surface area contributed by atoms with Crippen molar-refractivity contribution in [3.8, 4) is 5.75 Å². The van der Waals surface area contributed by atoms with Crippen LogP contribution in [0.2, 0.25) is 0 Å². The molecule has 0 aliphatic carbocycles. The van der Waals surface area contributed by atoms with Crippen LogP contribution in [0.3, 0.4) is 0 Å². The molecule has 0 aromatic heterocycles. The number of halogens is 1. The van der Waals surface area contributed by atoms with E-state index in [9.17, 15) is 9.18 Å².